The summed E-state index contributed by atoms with van der Waals surface area (Å²) < 4.78 is 30.1. The lowest BCUT2D eigenvalue weighted by Gasteiger charge is -2.27. The largest absolute Gasteiger partial charge is 0.444 e. The van der Waals surface area contributed by atoms with Gasteiger partial charge >= 0.3 is 26.4 Å². The zero-order valence-corrected chi connectivity index (χ0v) is 17.3. The van der Waals surface area contributed by atoms with E-state index in [2.05, 4.69) is 5.32 Å². The van der Waals surface area contributed by atoms with Gasteiger partial charge in [0.2, 0.25) is 6.33 Å². The van der Waals surface area contributed by atoms with Crippen molar-refractivity contribution in [1.29, 1.82) is 0 Å². The fourth-order valence-corrected chi connectivity index (χ4v) is 4.11. The Morgan fingerprint density at radius 1 is 1.21 bits per heavy atom. The second-order valence-corrected chi connectivity index (χ2v) is 11.2. The zero-order chi connectivity index (χ0) is 22.0. The number of carbonyl (C=O) groups is 1. The lowest BCUT2D eigenvalue weighted by Crippen LogP contribution is -2.44. The Morgan fingerprint density at radius 2 is 1.75 bits per heavy atom. The van der Waals surface area contributed by atoms with E-state index in [1.165, 1.54) is 23.3 Å². The molecule has 1 aromatic rings. The molecule has 0 aliphatic rings. The van der Waals surface area contributed by atoms with Crippen LogP contribution < -0.4 is 9.88 Å². The molecule has 0 saturated heterocycles. The molecule has 0 aromatic carbocycles. The van der Waals surface area contributed by atoms with Crippen LogP contribution in [0, 0.1) is 0 Å². The van der Waals surface area contributed by atoms with Crippen molar-refractivity contribution in [3.63, 3.8) is 0 Å². The van der Waals surface area contributed by atoms with Gasteiger partial charge in [-0.25, -0.2) is 13.9 Å². The fraction of sp³-hybridized carbons (Fsp3) is 0.692. The molecule has 28 heavy (non-hydrogen) atoms. The van der Waals surface area contributed by atoms with Crippen molar-refractivity contribution >= 4 is 21.3 Å². The van der Waals surface area contributed by atoms with Gasteiger partial charge in [0.05, 0.1) is 6.54 Å². The molecule has 162 valence electrons. The molecular formula is C13H26N3O10P2+. The van der Waals surface area contributed by atoms with Crippen LogP contribution in [0.5, 0.6) is 0 Å². The molecule has 1 amide bonds. The first-order chi connectivity index (χ1) is 12.4. The summed E-state index contributed by atoms with van der Waals surface area (Å²) in [5, 5.41) is 18.6. The molecule has 0 bridgehead atoms. The average molecular weight is 446 g/mol. The van der Waals surface area contributed by atoms with E-state index < -0.39 is 44.6 Å². The molecule has 1 unspecified atom stereocenters. The van der Waals surface area contributed by atoms with Gasteiger partial charge in [0.1, 0.15) is 37.2 Å². The van der Waals surface area contributed by atoms with Crippen LogP contribution in [0.2, 0.25) is 0 Å². The third-order valence-electron chi connectivity index (χ3n) is 3.38. The Bertz CT molecular complexity index is 756. The van der Waals surface area contributed by atoms with Crippen molar-refractivity contribution < 1.29 is 53.0 Å². The van der Waals surface area contributed by atoms with Crippen LogP contribution in [-0.2, 0) is 27.0 Å². The third-order valence-corrected chi connectivity index (χ3v) is 7.09. The van der Waals surface area contributed by atoms with Gasteiger partial charge in [-0.3, -0.25) is 9.13 Å². The van der Waals surface area contributed by atoms with Gasteiger partial charge in [0, 0.05) is 0 Å². The Hall–Kier alpha value is -1.30. The highest BCUT2D eigenvalue weighted by atomic mass is 31.2. The number of imidazole rings is 1. The molecule has 0 spiro atoms. The standard InChI is InChI=1S/C13H25N3O10P2/c1-12(2,3)26-11(18)14-6-10(17)7-15-4-5-16(9-15)8-13(19,27(20,21)22)28(23,24)25/h4-5,9-10,17,19H,6-8H2,1-3H3,(H4-,14,18,20,21,22,23,24,25)/p+1. The van der Waals surface area contributed by atoms with E-state index in [4.69, 9.17) is 24.3 Å². The van der Waals surface area contributed by atoms with E-state index in [9.17, 15) is 24.1 Å². The molecule has 15 heteroatoms. The summed E-state index contributed by atoms with van der Waals surface area (Å²) in [6, 6.07) is 0. The SMILES string of the molecule is CC(C)(C)OC(=O)NCC(O)C[n+]1ccn(CC(O)(P(=O)(O)O)P(=O)(O)O)c1. The number of hydrogen-bond acceptors (Lipinski definition) is 6. The predicted molar refractivity (Wildman–Crippen MR) is 93.9 cm³/mol. The number of hydrogen-bond donors (Lipinski definition) is 7. The molecule has 0 radical (unpaired) electrons. The first kappa shape index (κ1) is 24.7. The van der Waals surface area contributed by atoms with Crippen LogP contribution in [0.25, 0.3) is 0 Å². The van der Waals surface area contributed by atoms with E-state index >= 15 is 0 Å². The van der Waals surface area contributed by atoms with Crippen molar-refractivity contribution in [3.8, 4) is 0 Å². The minimum absolute atomic E-state index is 0.0625. The smallest absolute Gasteiger partial charge is 0.407 e. The van der Waals surface area contributed by atoms with Crippen LogP contribution in [0.3, 0.4) is 0 Å². The lowest BCUT2D eigenvalue weighted by molar-refractivity contribution is -0.702. The molecular weight excluding hydrogens is 420 g/mol. The van der Waals surface area contributed by atoms with Crippen molar-refractivity contribution in [2.45, 2.75) is 50.6 Å². The summed E-state index contributed by atoms with van der Waals surface area (Å²) >= 11 is 0. The van der Waals surface area contributed by atoms with E-state index in [-0.39, 0.29) is 13.1 Å². The van der Waals surface area contributed by atoms with E-state index in [1.807, 2.05) is 0 Å². The Kier molecular flexibility index (Phi) is 7.60. The van der Waals surface area contributed by atoms with Gasteiger partial charge in [0.25, 0.3) is 0 Å². The maximum atomic E-state index is 11.5. The number of aliphatic hydroxyl groups is 2. The quantitative estimate of drug-likeness (QED) is 0.185. The highest BCUT2D eigenvalue weighted by Crippen LogP contribution is 2.67. The molecule has 1 atom stereocenters. The monoisotopic (exact) mass is 446 g/mol. The van der Waals surface area contributed by atoms with Gasteiger partial charge in [0.15, 0.2) is 0 Å². The second kappa shape index (κ2) is 8.60. The number of nitrogens with zero attached hydrogens (tertiary/aromatic N) is 2. The van der Waals surface area contributed by atoms with Crippen LogP contribution in [0.4, 0.5) is 4.79 Å². The van der Waals surface area contributed by atoms with Crippen molar-refractivity contribution in [2.75, 3.05) is 6.54 Å². The molecule has 1 heterocycles. The molecule has 1 rings (SSSR count). The molecule has 0 aliphatic carbocycles. The Labute approximate surface area is 160 Å². The Morgan fingerprint density at radius 3 is 2.21 bits per heavy atom. The molecule has 0 aliphatic heterocycles. The van der Waals surface area contributed by atoms with Crippen molar-refractivity contribution in [3.05, 3.63) is 18.7 Å². The van der Waals surface area contributed by atoms with Crippen LogP contribution >= 0.6 is 15.2 Å². The van der Waals surface area contributed by atoms with E-state index in [1.54, 1.807) is 20.8 Å². The van der Waals surface area contributed by atoms with Gasteiger partial charge < -0.3 is 39.8 Å². The van der Waals surface area contributed by atoms with Crippen molar-refractivity contribution in [1.82, 2.24) is 9.88 Å². The summed E-state index contributed by atoms with van der Waals surface area (Å²) in [4.78, 5) is 48.1. The topological polar surface area (TPSA) is 203 Å². The summed E-state index contributed by atoms with van der Waals surface area (Å²) in [5.41, 5.74) is -0.699. The number of rotatable bonds is 8. The number of alkyl carbamates (subject to hydrolysis) is 1. The molecule has 1 aromatic heterocycles. The first-order valence-corrected chi connectivity index (χ1v) is 11.2. The molecule has 0 saturated carbocycles. The average Bonchev–Trinajstić information content (AvgIpc) is 2.88. The van der Waals surface area contributed by atoms with Crippen LogP contribution in [0.15, 0.2) is 18.7 Å². The predicted octanol–water partition coefficient (Wildman–Crippen LogP) is -1.34. The third kappa shape index (κ3) is 6.94. The van der Waals surface area contributed by atoms with E-state index in [0.29, 0.717) is 0 Å². The number of aliphatic hydroxyl groups excluding tert-OH is 1. The number of nitrogens with one attached hydrogen (secondary N) is 1. The summed E-state index contributed by atoms with van der Waals surface area (Å²) in [5.74, 6) is 0. The van der Waals surface area contributed by atoms with Gasteiger partial charge in [-0.2, -0.15) is 0 Å². The van der Waals surface area contributed by atoms with E-state index in [0.717, 1.165) is 4.57 Å². The minimum Gasteiger partial charge on any atom is -0.444 e. The lowest BCUT2D eigenvalue weighted by atomic mass is 10.2. The zero-order valence-electron chi connectivity index (χ0n) is 15.5. The number of aromatic nitrogens is 2. The maximum Gasteiger partial charge on any atom is 0.407 e. The fourth-order valence-electron chi connectivity index (χ4n) is 2.06. The normalized spacial score (nSPS) is 14.6. The summed E-state index contributed by atoms with van der Waals surface area (Å²) in [6.45, 7) is 3.74. The van der Waals surface area contributed by atoms with Gasteiger partial charge in [-0.1, -0.05) is 0 Å². The van der Waals surface area contributed by atoms with Crippen LogP contribution in [-0.4, -0.2) is 63.8 Å². The highest BCUT2D eigenvalue weighted by Gasteiger charge is 2.61. The minimum atomic E-state index is -5.58. The summed E-state index contributed by atoms with van der Waals surface area (Å²) in [6.07, 6.45) is 1.94. The molecule has 7 N–H and O–H groups in total. The molecule has 0 fully saturated rings. The molecule has 13 nitrogen and oxygen atoms in total. The van der Waals surface area contributed by atoms with Crippen molar-refractivity contribution in [2.24, 2.45) is 0 Å². The number of amides is 1. The van der Waals surface area contributed by atoms with Crippen LogP contribution in [0.1, 0.15) is 20.8 Å². The number of carbonyl (C=O) groups excluding carboxylic acids is 1. The van der Waals surface area contributed by atoms with Gasteiger partial charge in [-0.05, 0) is 20.8 Å². The maximum absolute atomic E-state index is 11.5. The second-order valence-electron chi connectivity index (χ2n) is 7.18. The summed E-state index contributed by atoms with van der Waals surface area (Å²) in [7, 11) is -11.2. The number of ether oxygens (including phenoxy) is 1. The first-order valence-electron chi connectivity index (χ1n) is 7.98. The van der Waals surface area contributed by atoms with Gasteiger partial charge in [-0.15, -0.1) is 0 Å². The highest BCUT2D eigenvalue weighted by molar-refractivity contribution is 7.72. The Balaban J connectivity index is 2.73.